The van der Waals surface area contributed by atoms with Crippen LogP contribution in [0.2, 0.25) is 0 Å². The number of hydrogen-bond donors (Lipinski definition) is 2. The van der Waals surface area contributed by atoms with Crippen molar-refractivity contribution < 1.29 is 0 Å². The highest BCUT2D eigenvalue weighted by atomic mass is 32.1. The molecule has 0 aliphatic rings. The topological polar surface area (TPSA) is 76.7 Å². The fraction of sp³-hybridized carbons (Fsp3) is 0.0769. The average molecular weight is 272 g/mol. The van der Waals surface area contributed by atoms with E-state index in [0.29, 0.717) is 0 Å². The second kappa shape index (κ2) is 4.40. The maximum Gasteiger partial charge on any atom is 0.271 e. The molecular weight excluding hydrogens is 260 g/mol. The molecule has 0 unspecified atom stereocenters. The van der Waals surface area contributed by atoms with Gasteiger partial charge in [0.05, 0.1) is 17.7 Å². The maximum atomic E-state index is 11.4. The molecule has 0 saturated carbocycles. The van der Waals surface area contributed by atoms with Crippen LogP contribution >= 0.6 is 11.3 Å². The smallest absolute Gasteiger partial charge is 0.271 e. The van der Waals surface area contributed by atoms with Gasteiger partial charge in [-0.15, -0.1) is 11.3 Å². The predicted molar refractivity (Wildman–Crippen MR) is 76.6 cm³/mol. The molecule has 0 amide bonds. The summed E-state index contributed by atoms with van der Waals surface area (Å²) in [7, 11) is 0. The molecule has 3 N–H and O–H groups in total. The van der Waals surface area contributed by atoms with E-state index < -0.39 is 0 Å². The van der Waals surface area contributed by atoms with Crippen molar-refractivity contribution in [1.82, 2.24) is 14.5 Å². The van der Waals surface area contributed by atoms with E-state index in [-0.39, 0.29) is 11.2 Å². The molecule has 0 atom stereocenters. The summed E-state index contributed by atoms with van der Waals surface area (Å²) in [6, 6.07) is 3.77. The molecule has 0 aromatic carbocycles. The summed E-state index contributed by atoms with van der Waals surface area (Å²) >= 11 is 1.60. The molecule has 0 bridgehead atoms. The first-order chi connectivity index (χ1) is 9.15. The third-order valence-corrected chi connectivity index (χ3v) is 3.87. The van der Waals surface area contributed by atoms with Crippen molar-refractivity contribution in [3.8, 4) is 16.1 Å². The molecule has 3 rings (SSSR count). The maximum absolute atomic E-state index is 11.4. The fourth-order valence-corrected chi connectivity index (χ4v) is 2.87. The quantitative estimate of drug-likeness (QED) is 0.750. The van der Waals surface area contributed by atoms with E-state index in [4.69, 9.17) is 5.73 Å². The molecule has 19 heavy (non-hydrogen) atoms. The number of aromatic nitrogens is 3. The second-order valence-corrected chi connectivity index (χ2v) is 5.14. The number of imidazole rings is 1. The molecule has 0 aliphatic heterocycles. The first kappa shape index (κ1) is 11.7. The van der Waals surface area contributed by atoms with E-state index in [9.17, 15) is 4.79 Å². The summed E-state index contributed by atoms with van der Waals surface area (Å²) in [6.07, 6.45) is 5.38. The molecule has 5 nitrogen and oxygen atoms in total. The van der Waals surface area contributed by atoms with Gasteiger partial charge in [0.2, 0.25) is 0 Å². The third-order valence-electron chi connectivity index (χ3n) is 2.92. The summed E-state index contributed by atoms with van der Waals surface area (Å²) in [5.41, 5.74) is 8.48. The van der Waals surface area contributed by atoms with Gasteiger partial charge in [-0.2, -0.15) is 0 Å². The van der Waals surface area contributed by atoms with Gasteiger partial charge in [-0.05, 0) is 19.1 Å². The van der Waals surface area contributed by atoms with Crippen LogP contribution in [0.4, 0.5) is 5.69 Å². The van der Waals surface area contributed by atoms with E-state index in [1.54, 1.807) is 29.9 Å². The van der Waals surface area contributed by atoms with Gasteiger partial charge < -0.3 is 15.3 Å². The zero-order valence-corrected chi connectivity index (χ0v) is 11.1. The molecule has 0 fully saturated rings. The van der Waals surface area contributed by atoms with Gasteiger partial charge in [0, 0.05) is 33.9 Å². The minimum absolute atomic E-state index is 0.234. The molecule has 0 aliphatic carbocycles. The van der Waals surface area contributed by atoms with Crippen LogP contribution in [0, 0.1) is 6.92 Å². The van der Waals surface area contributed by atoms with Crippen molar-refractivity contribution >= 4 is 17.0 Å². The largest absolute Gasteiger partial charge is 0.394 e. The van der Waals surface area contributed by atoms with Crippen molar-refractivity contribution in [1.29, 1.82) is 0 Å². The number of nitrogens with zero attached hydrogens (tertiary/aromatic N) is 2. The van der Waals surface area contributed by atoms with Gasteiger partial charge in [0.25, 0.3) is 5.56 Å². The Bertz CT molecular complexity index is 770. The summed E-state index contributed by atoms with van der Waals surface area (Å²) < 4.78 is 1.93. The lowest BCUT2D eigenvalue weighted by molar-refractivity contribution is 1.07. The Balaban J connectivity index is 2.09. The molecule has 0 radical (unpaired) electrons. The van der Waals surface area contributed by atoms with Crippen LogP contribution in [-0.2, 0) is 0 Å². The second-order valence-electron chi connectivity index (χ2n) is 4.23. The Morgan fingerprint density at radius 3 is 3.00 bits per heavy atom. The molecular formula is C13H12N4OS. The zero-order valence-electron chi connectivity index (χ0n) is 10.3. The number of pyridine rings is 1. The standard InChI is InChI=1S/C13H12N4OS/c1-8-10(5-11(14)13(18)16-8)12-4-9(6-19-12)17-3-2-15-7-17/h2-7H,14H2,1H3,(H,16,18). The first-order valence-corrected chi connectivity index (χ1v) is 6.60. The number of aromatic amines is 1. The van der Waals surface area contributed by atoms with Crippen LogP contribution in [0.5, 0.6) is 0 Å². The number of nitrogen functional groups attached to an aromatic ring is 1. The average Bonchev–Trinajstić information content (AvgIpc) is 3.03. The van der Waals surface area contributed by atoms with E-state index in [0.717, 1.165) is 21.8 Å². The zero-order chi connectivity index (χ0) is 13.4. The Kier molecular flexibility index (Phi) is 2.72. The highest BCUT2D eigenvalue weighted by molar-refractivity contribution is 7.13. The van der Waals surface area contributed by atoms with Gasteiger partial charge in [-0.25, -0.2) is 4.98 Å². The van der Waals surface area contributed by atoms with Crippen LogP contribution < -0.4 is 11.3 Å². The predicted octanol–water partition coefficient (Wildman–Crippen LogP) is 2.18. The third kappa shape index (κ3) is 2.06. The number of rotatable bonds is 2. The van der Waals surface area contributed by atoms with Crippen molar-refractivity contribution in [2.75, 3.05) is 5.73 Å². The Labute approximate surface area is 113 Å². The minimum atomic E-state index is -0.243. The van der Waals surface area contributed by atoms with Gasteiger partial charge in [0.1, 0.15) is 0 Å². The van der Waals surface area contributed by atoms with Crippen LogP contribution in [0.25, 0.3) is 16.1 Å². The van der Waals surface area contributed by atoms with Gasteiger partial charge in [0.15, 0.2) is 0 Å². The molecule has 3 aromatic rings. The highest BCUT2D eigenvalue weighted by Gasteiger charge is 2.09. The number of hydrogen-bond acceptors (Lipinski definition) is 4. The summed E-state index contributed by atoms with van der Waals surface area (Å²) in [5.74, 6) is 0. The van der Waals surface area contributed by atoms with Crippen LogP contribution in [0.3, 0.4) is 0 Å². The molecule has 0 saturated heterocycles. The van der Waals surface area contributed by atoms with Crippen molar-refractivity contribution in [2.24, 2.45) is 0 Å². The first-order valence-electron chi connectivity index (χ1n) is 5.72. The van der Waals surface area contributed by atoms with Crippen LogP contribution in [-0.4, -0.2) is 14.5 Å². The van der Waals surface area contributed by atoms with Gasteiger partial charge >= 0.3 is 0 Å². The van der Waals surface area contributed by atoms with Crippen molar-refractivity contribution in [3.63, 3.8) is 0 Å². The Morgan fingerprint density at radius 1 is 1.42 bits per heavy atom. The molecule has 96 valence electrons. The fourth-order valence-electron chi connectivity index (χ4n) is 1.91. The molecule has 0 spiro atoms. The van der Waals surface area contributed by atoms with E-state index in [2.05, 4.69) is 9.97 Å². The van der Waals surface area contributed by atoms with Gasteiger partial charge in [-0.1, -0.05) is 0 Å². The van der Waals surface area contributed by atoms with Crippen molar-refractivity contribution in [2.45, 2.75) is 6.92 Å². The monoisotopic (exact) mass is 272 g/mol. The Hall–Kier alpha value is -2.34. The lowest BCUT2D eigenvalue weighted by Crippen LogP contribution is -2.12. The lowest BCUT2D eigenvalue weighted by atomic mass is 10.1. The SMILES string of the molecule is Cc1[nH]c(=O)c(N)cc1-c1cc(-n2ccnc2)cs1. The number of thiophene rings is 1. The van der Waals surface area contributed by atoms with Crippen LogP contribution in [0.15, 0.2) is 41.0 Å². The number of H-pyrrole nitrogens is 1. The summed E-state index contributed by atoms with van der Waals surface area (Å²) in [5, 5.41) is 2.04. The highest BCUT2D eigenvalue weighted by Crippen LogP contribution is 2.30. The lowest BCUT2D eigenvalue weighted by Gasteiger charge is -2.04. The van der Waals surface area contributed by atoms with E-state index >= 15 is 0 Å². The normalized spacial score (nSPS) is 10.8. The molecule has 3 aromatic heterocycles. The number of anilines is 1. The van der Waals surface area contributed by atoms with Crippen LogP contribution in [0.1, 0.15) is 5.69 Å². The van der Waals surface area contributed by atoms with Gasteiger partial charge in [-0.3, -0.25) is 4.79 Å². The van der Waals surface area contributed by atoms with E-state index in [1.165, 1.54) is 0 Å². The number of aryl methyl sites for hydroxylation is 1. The number of nitrogens with one attached hydrogen (secondary N) is 1. The number of nitrogens with two attached hydrogens (primary N) is 1. The molecule has 3 heterocycles. The minimum Gasteiger partial charge on any atom is -0.394 e. The summed E-state index contributed by atoms with van der Waals surface area (Å²) in [4.78, 5) is 19.3. The molecule has 6 heteroatoms. The summed E-state index contributed by atoms with van der Waals surface area (Å²) in [6.45, 7) is 1.87. The van der Waals surface area contributed by atoms with Crippen molar-refractivity contribution in [3.05, 3.63) is 52.3 Å². The Morgan fingerprint density at radius 2 is 2.26 bits per heavy atom. The van der Waals surface area contributed by atoms with E-state index in [1.807, 2.05) is 29.1 Å².